The summed E-state index contributed by atoms with van der Waals surface area (Å²) < 4.78 is 70.1. The van der Waals surface area contributed by atoms with E-state index in [1.54, 1.807) is 24.3 Å². The maximum atomic E-state index is 14.8. The fraction of sp³-hybridized carbons (Fsp3) is 0.407. The van der Waals surface area contributed by atoms with Crippen molar-refractivity contribution in [3.8, 4) is 11.1 Å². The molecule has 1 amide bonds. The lowest BCUT2D eigenvalue weighted by Crippen LogP contribution is -2.50. The van der Waals surface area contributed by atoms with E-state index in [4.69, 9.17) is 15.1 Å². The summed E-state index contributed by atoms with van der Waals surface area (Å²) in [5, 5.41) is 16.4. The molecule has 1 aromatic heterocycles. The fourth-order valence-corrected chi connectivity index (χ4v) is 5.03. The molecule has 0 spiro atoms. The molecule has 0 unspecified atom stereocenters. The first-order chi connectivity index (χ1) is 19.9. The Morgan fingerprint density at radius 1 is 1.14 bits per heavy atom. The summed E-state index contributed by atoms with van der Waals surface area (Å²) in [6.45, 7) is 1.63. The topological polar surface area (TPSA) is 159 Å². The van der Waals surface area contributed by atoms with Gasteiger partial charge in [0.15, 0.2) is 14.6 Å². The van der Waals surface area contributed by atoms with Gasteiger partial charge in [-0.1, -0.05) is 18.2 Å². The molecule has 0 saturated heterocycles. The summed E-state index contributed by atoms with van der Waals surface area (Å²) in [7, 11) is -1.90. The lowest BCUT2D eigenvalue weighted by molar-refractivity contribution is -0.192. The van der Waals surface area contributed by atoms with Crippen molar-refractivity contribution >= 4 is 32.6 Å². The molecule has 16 heteroatoms. The SMILES string of the molecule is CN(Cc1ccc(-c2ccc3c(=O)n(CC[C@](C)(C(=O)NO)S(C)(=O)=O)cnc3c2)cc1F)C1CC1.O=C(O)C(F)(F)F. The van der Waals surface area contributed by atoms with Crippen LogP contribution in [0.2, 0.25) is 0 Å². The predicted molar refractivity (Wildman–Crippen MR) is 147 cm³/mol. The molecule has 1 saturated carbocycles. The van der Waals surface area contributed by atoms with Crippen molar-refractivity contribution in [3.05, 3.63) is 64.5 Å². The first-order valence-corrected chi connectivity index (χ1v) is 14.7. The summed E-state index contributed by atoms with van der Waals surface area (Å²) in [5.74, 6) is -4.12. The van der Waals surface area contributed by atoms with Crippen molar-refractivity contribution in [2.75, 3.05) is 13.3 Å². The molecular weight excluding hydrogens is 600 g/mol. The van der Waals surface area contributed by atoms with Gasteiger partial charge in [0.1, 0.15) is 5.82 Å². The van der Waals surface area contributed by atoms with Gasteiger partial charge < -0.3 is 5.11 Å². The molecule has 1 aliphatic rings. The van der Waals surface area contributed by atoms with Crippen LogP contribution in [0.15, 0.2) is 47.5 Å². The van der Waals surface area contributed by atoms with Gasteiger partial charge in [0.25, 0.3) is 11.5 Å². The van der Waals surface area contributed by atoms with Crippen LogP contribution in [-0.2, 0) is 32.5 Å². The summed E-state index contributed by atoms with van der Waals surface area (Å²) in [5.41, 5.74) is 3.39. The van der Waals surface area contributed by atoms with Gasteiger partial charge in [0.05, 0.1) is 17.2 Å². The van der Waals surface area contributed by atoms with Crippen LogP contribution in [-0.4, -0.2) is 75.3 Å². The van der Waals surface area contributed by atoms with Crippen molar-refractivity contribution in [1.82, 2.24) is 19.9 Å². The van der Waals surface area contributed by atoms with Crippen LogP contribution in [0.5, 0.6) is 0 Å². The van der Waals surface area contributed by atoms with Crippen molar-refractivity contribution in [2.24, 2.45) is 0 Å². The Morgan fingerprint density at radius 2 is 1.72 bits per heavy atom. The largest absolute Gasteiger partial charge is 0.490 e. The van der Waals surface area contributed by atoms with E-state index in [1.807, 2.05) is 13.1 Å². The Hall–Kier alpha value is -3.89. The summed E-state index contributed by atoms with van der Waals surface area (Å²) in [6, 6.07) is 10.6. The number of rotatable bonds is 9. The zero-order chi connectivity index (χ0) is 32.3. The van der Waals surface area contributed by atoms with Crippen LogP contribution in [0.1, 0.15) is 31.7 Å². The van der Waals surface area contributed by atoms with E-state index in [0.29, 0.717) is 40.2 Å². The maximum absolute atomic E-state index is 14.8. The van der Waals surface area contributed by atoms with Gasteiger partial charge in [0, 0.05) is 31.0 Å². The van der Waals surface area contributed by atoms with Crippen LogP contribution in [0.3, 0.4) is 0 Å². The summed E-state index contributed by atoms with van der Waals surface area (Å²) in [4.78, 5) is 40.4. The van der Waals surface area contributed by atoms with E-state index in [1.165, 1.54) is 29.4 Å². The minimum absolute atomic E-state index is 0.109. The number of benzene rings is 2. The van der Waals surface area contributed by atoms with Crippen molar-refractivity contribution < 1.29 is 45.9 Å². The summed E-state index contributed by atoms with van der Waals surface area (Å²) >= 11 is 0. The van der Waals surface area contributed by atoms with Crippen LogP contribution in [0.25, 0.3) is 22.0 Å². The number of halogens is 4. The molecule has 1 aliphatic carbocycles. The molecular formula is C27H30F4N4O7S. The molecule has 234 valence electrons. The van der Waals surface area contributed by atoms with Gasteiger partial charge >= 0.3 is 12.1 Å². The number of hydrogen-bond acceptors (Lipinski definition) is 8. The van der Waals surface area contributed by atoms with E-state index in [9.17, 15) is 35.6 Å². The van der Waals surface area contributed by atoms with E-state index >= 15 is 0 Å². The number of aryl methyl sites for hydroxylation is 1. The third-order valence-corrected chi connectivity index (χ3v) is 9.30. The first-order valence-electron chi connectivity index (χ1n) is 12.8. The number of hydrogen-bond donors (Lipinski definition) is 3. The molecule has 1 fully saturated rings. The highest BCUT2D eigenvalue weighted by molar-refractivity contribution is 7.92. The molecule has 0 bridgehead atoms. The van der Waals surface area contributed by atoms with Gasteiger partial charge in [-0.15, -0.1) is 0 Å². The van der Waals surface area contributed by atoms with Crippen LogP contribution >= 0.6 is 0 Å². The monoisotopic (exact) mass is 630 g/mol. The van der Waals surface area contributed by atoms with Crippen LogP contribution in [0.4, 0.5) is 17.6 Å². The third kappa shape index (κ3) is 7.94. The average molecular weight is 631 g/mol. The second kappa shape index (κ2) is 12.8. The number of hydroxylamine groups is 1. The molecule has 2 aromatic carbocycles. The van der Waals surface area contributed by atoms with Crippen LogP contribution < -0.4 is 11.0 Å². The number of carbonyl (C=O) groups excluding carboxylic acids is 1. The Balaban J connectivity index is 0.000000646. The number of sulfone groups is 1. The van der Waals surface area contributed by atoms with Gasteiger partial charge in [-0.2, -0.15) is 13.2 Å². The lowest BCUT2D eigenvalue weighted by atomic mass is 10.0. The number of carboxylic acids is 1. The minimum Gasteiger partial charge on any atom is -0.475 e. The Kier molecular flexibility index (Phi) is 9.98. The van der Waals surface area contributed by atoms with Gasteiger partial charge in [0.2, 0.25) is 0 Å². The molecule has 3 aromatic rings. The zero-order valence-electron chi connectivity index (χ0n) is 23.4. The number of carbonyl (C=O) groups is 2. The molecule has 0 radical (unpaired) electrons. The fourth-order valence-electron chi connectivity index (χ4n) is 4.18. The quantitative estimate of drug-likeness (QED) is 0.183. The van der Waals surface area contributed by atoms with E-state index in [0.717, 1.165) is 19.1 Å². The molecule has 3 N–H and O–H groups in total. The van der Waals surface area contributed by atoms with E-state index < -0.39 is 38.2 Å². The first kappa shape index (κ1) is 33.6. The Morgan fingerprint density at radius 3 is 2.23 bits per heavy atom. The van der Waals surface area contributed by atoms with E-state index in [2.05, 4.69) is 9.88 Å². The molecule has 43 heavy (non-hydrogen) atoms. The number of nitrogens with one attached hydrogen (secondary N) is 1. The van der Waals surface area contributed by atoms with Crippen molar-refractivity contribution in [3.63, 3.8) is 0 Å². The molecule has 0 aliphatic heterocycles. The number of amides is 1. The number of alkyl halides is 3. The number of aliphatic carboxylic acids is 1. The summed E-state index contributed by atoms with van der Waals surface area (Å²) in [6.07, 6.45) is -0.851. The number of carboxylic acid groups (broad SMARTS) is 1. The van der Waals surface area contributed by atoms with Gasteiger partial charge in [-0.05, 0) is 62.6 Å². The van der Waals surface area contributed by atoms with Crippen molar-refractivity contribution in [2.45, 2.75) is 56.2 Å². The maximum Gasteiger partial charge on any atom is 0.490 e. The van der Waals surface area contributed by atoms with Crippen LogP contribution in [0, 0.1) is 5.82 Å². The molecule has 11 nitrogen and oxygen atoms in total. The van der Waals surface area contributed by atoms with Crippen molar-refractivity contribution in [1.29, 1.82) is 0 Å². The standard InChI is InChI=1S/C25H29FN4O5S.C2HF3O2/c1-25(24(32)28-33,36(3,34)35)10-11-30-15-27-22-13-17(6-9-20(22)23(30)31)16-4-5-18(21(26)12-16)14-29(2)19-7-8-19;3-2(4,5)1(6)7/h4-6,9,12-13,15,19,33H,7-8,10-11,14H2,1-3H3,(H,28,32);(H,6,7)/t25-;/m1./s1. The normalized spacial score (nSPS) is 15.0. The number of fused-ring (bicyclic) bond motifs is 1. The third-order valence-electron chi connectivity index (χ3n) is 7.27. The molecule has 4 rings (SSSR count). The number of aromatic nitrogens is 2. The average Bonchev–Trinajstić information content (AvgIpc) is 3.78. The van der Waals surface area contributed by atoms with Gasteiger partial charge in [-0.3, -0.25) is 24.3 Å². The highest BCUT2D eigenvalue weighted by Crippen LogP contribution is 2.29. The van der Waals surface area contributed by atoms with Gasteiger partial charge in [-0.25, -0.2) is 28.1 Å². The number of nitrogens with zero attached hydrogens (tertiary/aromatic N) is 3. The highest BCUT2D eigenvalue weighted by atomic mass is 32.2. The Labute approximate surface area is 243 Å². The molecule has 1 atom stereocenters. The zero-order valence-corrected chi connectivity index (χ0v) is 24.2. The second-order valence-corrected chi connectivity index (χ2v) is 12.9. The second-order valence-electron chi connectivity index (χ2n) is 10.4. The highest BCUT2D eigenvalue weighted by Gasteiger charge is 2.43. The predicted octanol–water partition coefficient (Wildman–Crippen LogP) is 3.13. The minimum atomic E-state index is -5.08. The Bertz CT molecular complexity index is 1690. The lowest BCUT2D eigenvalue weighted by Gasteiger charge is -2.25. The smallest absolute Gasteiger partial charge is 0.475 e. The van der Waals surface area contributed by atoms with E-state index in [-0.39, 0.29) is 18.8 Å². The molecule has 1 heterocycles.